The van der Waals surface area contributed by atoms with E-state index in [1.54, 1.807) is 31.2 Å². The average Bonchev–Trinajstić information content (AvgIpc) is 3.41. The molecule has 5 saturated carbocycles. The van der Waals surface area contributed by atoms with Gasteiger partial charge in [-0.1, -0.05) is 58.9 Å². The Hall–Kier alpha value is -2.63. The van der Waals surface area contributed by atoms with Crippen LogP contribution in [0, 0.1) is 56.7 Å². The van der Waals surface area contributed by atoms with Crippen molar-refractivity contribution in [2.45, 2.75) is 119 Å². The fraction of sp³-hybridized carbons (Fsp3) is 0.732. The van der Waals surface area contributed by atoms with Gasteiger partial charge in [0.05, 0.1) is 24.8 Å². The lowest BCUT2D eigenvalue weighted by molar-refractivity contribution is -0.251. The summed E-state index contributed by atoms with van der Waals surface area (Å²) in [6.07, 6.45) is 11.2. The van der Waals surface area contributed by atoms with E-state index >= 15 is 0 Å². The molecule has 6 nitrogen and oxygen atoms in total. The Kier molecular flexibility index (Phi) is 8.57. The van der Waals surface area contributed by atoms with Gasteiger partial charge >= 0.3 is 17.9 Å². The molecule has 6 heteroatoms. The number of carbonyl (C=O) groups is 3. The number of methoxy groups -OCH3 is 1. The van der Waals surface area contributed by atoms with Crippen LogP contribution in [0.5, 0.6) is 0 Å². The monoisotopic (exact) mass is 646 g/mol. The summed E-state index contributed by atoms with van der Waals surface area (Å²) in [5.74, 6) is 1.39. The highest BCUT2D eigenvalue weighted by Gasteiger charge is 2.71. The molecule has 5 aliphatic rings. The minimum absolute atomic E-state index is 0.0123. The van der Waals surface area contributed by atoms with Crippen LogP contribution in [0.4, 0.5) is 0 Å². The number of hydrogen-bond acceptors (Lipinski definition) is 6. The fourth-order valence-corrected chi connectivity index (χ4v) is 13.2. The normalized spacial score (nSPS) is 41.7. The Balaban J connectivity index is 1.29. The molecule has 5 aliphatic carbocycles. The Bertz CT molecular complexity index is 1440. The number of carbonyl (C=O) groups excluding carboxylic acids is 3. The summed E-state index contributed by atoms with van der Waals surface area (Å²) in [7, 11) is 1.33. The zero-order valence-corrected chi connectivity index (χ0v) is 30.2. The van der Waals surface area contributed by atoms with Crippen LogP contribution in [0.25, 0.3) is 0 Å². The molecule has 0 spiro atoms. The SMILES string of the molecule is C=C(C)[C@H]1CC[C@@]2(COC(=O)c3ccccc3C(=O)OC)CC[C@@]3(C)[C@H](CC[C@@H]4[C@@]5(C)CC[C@H](OC(C)=O)C(C)(C)[C@H]5CC[C@]43C)[C@H]12. The van der Waals surface area contributed by atoms with Crippen molar-refractivity contribution in [3.05, 3.63) is 47.5 Å². The lowest BCUT2D eigenvalue weighted by atomic mass is 9.32. The molecule has 0 aliphatic heterocycles. The van der Waals surface area contributed by atoms with Crippen LogP contribution in [0.2, 0.25) is 0 Å². The van der Waals surface area contributed by atoms with E-state index in [9.17, 15) is 14.4 Å². The molecule has 0 N–H and O–H groups in total. The van der Waals surface area contributed by atoms with Gasteiger partial charge in [0.25, 0.3) is 0 Å². The molecule has 1 aromatic rings. The molecule has 10 atom stereocenters. The van der Waals surface area contributed by atoms with Crippen LogP contribution < -0.4 is 0 Å². The second-order valence-corrected chi connectivity index (χ2v) is 17.6. The first-order chi connectivity index (χ1) is 22.1. The van der Waals surface area contributed by atoms with Gasteiger partial charge < -0.3 is 14.2 Å². The van der Waals surface area contributed by atoms with Crippen molar-refractivity contribution in [1.82, 2.24) is 0 Å². The van der Waals surface area contributed by atoms with E-state index in [1.807, 2.05) is 0 Å². The quantitative estimate of drug-likeness (QED) is 0.174. The van der Waals surface area contributed by atoms with Gasteiger partial charge in [-0.15, -0.1) is 0 Å². The highest BCUT2D eigenvalue weighted by molar-refractivity contribution is 6.03. The van der Waals surface area contributed by atoms with Crippen LogP contribution in [-0.2, 0) is 19.0 Å². The molecule has 0 unspecified atom stereocenters. The first-order valence-electron chi connectivity index (χ1n) is 18.2. The van der Waals surface area contributed by atoms with E-state index in [4.69, 9.17) is 14.2 Å². The van der Waals surface area contributed by atoms with Crippen LogP contribution >= 0.6 is 0 Å². The number of rotatable bonds is 6. The van der Waals surface area contributed by atoms with Crippen molar-refractivity contribution in [2.24, 2.45) is 56.7 Å². The molecular formula is C41H58O6. The summed E-state index contributed by atoms with van der Waals surface area (Å²) in [5.41, 5.74) is 2.23. The first-order valence-corrected chi connectivity index (χ1v) is 18.2. The number of allylic oxidation sites excluding steroid dienone is 1. The van der Waals surface area contributed by atoms with Crippen molar-refractivity contribution in [3.63, 3.8) is 0 Å². The first kappa shape index (κ1) is 34.2. The van der Waals surface area contributed by atoms with Crippen molar-refractivity contribution < 1.29 is 28.6 Å². The van der Waals surface area contributed by atoms with Crippen molar-refractivity contribution >= 4 is 17.9 Å². The zero-order chi connectivity index (χ0) is 34.2. The third kappa shape index (κ3) is 5.04. The molecule has 0 saturated heterocycles. The molecule has 0 aromatic heterocycles. The van der Waals surface area contributed by atoms with Gasteiger partial charge in [0.2, 0.25) is 0 Å². The van der Waals surface area contributed by atoms with E-state index in [0.717, 1.165) is 38.5 Å². The largest absolute Gasteiger partial charge is 0.465 e. The van der Waals surface area contributed by atoms with Crippen LogP contribution in [0.1, 0.15) is 133 Å². The molecule has 0 radical (unpaired) electrons. The summed E-state index contributed by atoms with van der Waals surface area (Å²) in [5, 5.41) is 0. The van der Waals surface area contributed by atoms with E-state index < -0.39 is 11.9 Å². The van der Waals surface area contributed by atoms with Gasteiger partial charge in [0, 0.05) is 17.8 Å². The Morgan fingerprint density at radius 3 is 2.11 bits per heavy atom. The van der Waals surface area contributed by atoms with Gasteiger partial charge in [-0.3, -0.25) is 4.79 Å². The summed E-state index contributed by atoms with van der Waals surface area (Å²) < 4.78 is 17.1. The van der Waals surface area contributed by atoms with Gasteiger partial charge in [-0.25, -0.2) is 9.59 Å². The van der Waals surface area contributed by atoms with Gasteiger partial charge in [0.15, 0.2) is 0 Å². The van der Waals surface area contributed by atoms with E-state index in [-0.39, 0.29) is 50.3 Å². The van der Waals surface area contributed by atoms with Crippen LogP contribution in [-0.4, -0.2) is 37.7 Å². The zero-order valence-electron chi connectivity index (χ0n) is 30.2. The molecule has 0 heterocycles. The number of fused-ring (bicyclic) bond motifs is 7. The molecule has 0 amide bonds. The molecule has 47 heavy (non-hydrogen) atoms. The number of ether oxygens (including phenoxy) is 3. The van der Waals surface area contributed by atoms with Gasteiger partial charge in [-0.05, 0) is 129 Å². The average molecular weight is 647 g/mol. The summed E-state index contributed by atoms with van der Waals surface area (Å²) in [4.78, 5) is 38.0. The maximum absolute atomic E-state index is 13.5. The lowest BCUT2D eigenvalue weighted by Crippen LogP contribution is -2.67. The minimum atomic E-state index is -0.526. The predicted molar refractivity (Wildman–Crippen MR) is 183 cm³/mol. The van der Waals surface area contributed by atoms with Crippen LogP contribution in [0.15, 0.2) is 36.4 Å². The van der Waals surface area contributed by atoms with E-state index in [1.165, 1.54) is 38.4 Å². The second kappa shape index (κ2) is 11.8. The lowest BCUT2D eigenvalue weighted by Gasteiger charge is -2.73. The summed E-state index contributed by atoms with van der Waals surface area (Å²) in [6.45, 7) is 21.2. The van der Waals surface area contributed by atoms with Gasteiger partial charge in [0.1, 0.15) is 6.10 Å². The Morgan fingerprint density at radius 2 is 1.47 bits per heavy atom. The second-order valence-electron chi connectivity index (χ2n) is 17.6. The third-order valence-electron chi connectivity index (χ3n) is 15.5. The highest BCUT2D eigenvalue weighted by atomic mass is 16.5. The minimum Gasteiger partial charge on any atom is -0.465 e. The van der Waals surface area contributed by atoms with Crippen LogP contribution in [0.3, 0.4) is 0 Å². The summed E-state index contributed by atoms with van der Waals surface area (Å²) in [6, 6.07) is 6.79. The van der Waals surface area contributed by atoms with E-state index in [2.05, 4.69) is 48.1 Å². The van der Waals surface area contributed by atoms with Gasteiger partial charge in [-0.2, -0.15) is 0 Å². The molecular weight excluding hydrogens is 588 g/mol. The molecule has 1 aromatic carbocycles. The topological polar surface area (TPSA) is 78.9 Å². The highest BCUT2D eigenvalue weighted by Crippen LogP contribution is 2.77. The molecule has 0 bridgehead atoms. The number of hydrogen-bond donors (Lipinski definition) is 0. The van der Waals surface area contributed by atoms with E-state index in [0.29, 0.717) is 36.2 Å². The maximum atomic E-state index is 13.5. The predicted octanol–water partition coefficient (Wildman–Crippen LogP) is 9.22. The molecule has 6 rings (SSSR count). The van der Waals surface area contributed by atoms with Crippen molar-refractivity contribution in [3.8, 4) is 0 Å². The Morgan fingerprint density at radius 1 is 0.787 bits per heavy atom. The maximum Gasteiger partial charge on any atom is 0.339 e. The summed E-state index contributed by atoms with van der Waals surface area (Å²) >= 11 is 0. The Labute approximate surface area is 282 Å². The molecule has 258 valence electrons. The number of benzene rings is 1. The molecule has 5 fully saturated rings. The standard InChI is InChI=1S/C41H58O6/c1-25(2)27-16-21-41(24-46-36(44)29-13-11-10-12-28(29)35(43)45-9)23-22-39(7)30(34(27)41)14-15-32-38(6)19-18-33(47-26(3)42)37(4,5)31(38)17-20-40(32,39)8/h10-13,27,30-34H,1,14-24H2,2-9H3/t27-,30-,31-,32-,33+,34+,38+,39+,40-,41+/m1/s1. The fourth-order valence-electron chi connectivity index (χ4n) is 13.2. The smallest absolute Gasteiger partial charge is 0.339 e. The third-order valence-corrected chi connectivity index (χ3v) is 15.5. The number of esters is 3. The van der Waals surface area contributed by atoms with Crippen molar-refractivity contribution in [2.75, 3.05) is 13.7 Å². The van der Waals surface area contributed by atoms with Crippen molar-refractivity contribution in [1.29, 1.82) is 0 Å².